The fourth-order valence-corrected chi connectivity index (χ4v) is 3.88. The number of benzene rings is 2. The normalized spacial score (nSPS) is 10.7. The molecule has 0 spiro atoms. The summed E-state index contributed by atoms with van der Waals surface area (Å²) in [5, 5.41) is 5.50. The van der Waals surface area contributed by atoms with Gasteiger partial charge in [0, 0.05) is 19.0 Å². The summed E-state index contributed by atoms with van der Waals surface area (Å²) in [6, 6.07) is 8.54. The van der Waals surface area contributed by atoms with Crippen molar-refractivity contribution in [3.63, 3.8) is 0 Å². The van der Waals surface area contributed by atoms with E-state index in [0.29, 0.717) is 23.5 Å². The number of rotatable bonds is 6. The first-order valence-electron chi connectivity index (χ1n) is 10.5. The number of carbonyl (C=O) groups excluding carboxylic acids is 2. The van der Waals surface area contributed by atoms with Gasteiger partial charge in [-0.3, -0.25) is 9.59 Å². The molecule has 2 aromatic carbocycles. The number of amides is 2. The van der Waals surface area contributed by atoms with Crippen molar-refractivity contribution in [2.45, 2.75) is 48.0 Å². The predicted molar refractivity (Wildman–Crippen MR) is 127 cm³/mol. The largest absolute Gasteiger partial charge is 0.495 e. The minimum Gasteiger partial charge on any atom is -0.495 e. The summed E-state index contributed by atoms with van der Waals surface area (Å²) >= 11 is 0. The summed E-state index contributed by atoms with van der Waals surface area (Å²) in [6.45, 7) is 12.1. The van der Waals surface area contributed by atoms with Crippen molar-refractivity contribution in [1.29, 1.82) is 0 Å². The molecule has 0 saturated carbocycles. The van der Waals surface area contributed by atoms with E-state index in [4.69, 9.17) is 9.15 Å². The number of hydrogen-bond acceptors (Lipinski definition) is 4. The number of carbonyl (C=O) groups is 2. The zero-order chi connectivity index (χ0) is 23.6. The van der Waals surface area contributed by atoms with E-state index < -0.39 is 0 Å². The highest BCUT2D eigenvalue weighted by Crippen LogP contribution is 2.30. The second kappa shape index (κ2) is 9.30. The Kier molecular flexibility index (Phi) is 6.72. The second-order valence-electron chi connectivity index (χ2n) is 8.10. The number of anilines is 2. The van der Waals surface area contributed by atoms with E-state index in [1.807, 2.05) is 6.07 Å². The number of nitrogens with one attached hydrogen (secondary N) is 2. The van der Waals surface area contributed by atoms with E-state index in [0.717, 1.165) is 5.76 Å². The van der Waals surface area contributed by atoms with Gasteiger partial charge >= 0.3 is 0 Å². The van der Waals surface area contributed by atoms with Crippen LogP contribution >= 0.6 is 0 Å². The Hall–Kier alpha value is -3.54. The number of furan rings is 1. The highest BCUT2D eigenvalue weighted by molar-refractivity contribution is 6.03. The maximum Gasteiger partial charge on any atom is 0.291 e. The first kappa shape index (κ1) is 23.1. The van der Waals surface area contributed by atoms with Crippen LogP contribution in [-0.4, -0.2) is 18.9 Å². The molecule has 3 rings (SSSR count). The first-order chi connectivity index (χ1) is 15.1. The van der Waals surface area contributed by atoms with Gasteiger partial charge in [-0.05, 0) is 98.3 Å². The average molecular weight is 435 g/mol. The van der Waals surface area contributed by atoms with E-state index in [1.165, 1.54) is 47.4 Å². The SMILES string of the molecule is COc1ccc(NC(C)=O)cc1NC(=O)c1ccc(Cc2c(C)c(C)c(C)c(C)c2C)o1. The first-order valence-corrected chi connectivity index (χ1v) is 10.5. The molecule has 0 saturated heterocycles. The predicted octanol–water partition coefficient (Wildman–Crippen LogP) is 5.63. The molecule has 6 nitrogen and oxygen atoms in total. The van der Waals surface area contributed by atoms with Gasteiger partial charge in [-0.25, -0.2) is 0 Å². The lowest BCUT2D eigenvalue weighted by Gasteiger charge is -2.18. The lowest BCUT2D eigenvalue weighted by Crippen LogP contribution is -2.13. The van der Waals surface area contributed by atoms with Crippen LogP contribution in [0.4, 0.5) is 11.4 Å². The molecule has 2 N–H and O–H groups in total. The fourth-order valence-electron chi connectivity index (χ4n) is 3.88. The summed E-state index contributed by atoms with van der Waals surface area (Å²) in [5.74, 6) is 0.830. The van der Waals surface area contributed by atoms with Crippen LogP contribution in [-0.2, 0) is 11.2 Å². The zero-order valence-electron chi connectivity index (χ0n) is 19.7. The van der Waals surface area contributed by atoms with E-state index in [-0.39, 0.29) is 17.6 Å². The molecule has 168 valence electrons. The van der Waals surface area contributed by atoms with Crippen molar-refractivity contribution in [3.8, 4) is 5.75 Å². The van der Waals surface area contributed by atoms with E-state index >= 15 is 0 Å². The van der Waals surface area contributed by atoms with Gasteiger partial charge in [0.15, 0.2) is 5.76 Å². The van der Waals surface area contributed by atoms with Gasteiger partial charge in [-0.2, -0.15) is 0 Å². The minimum atomic E-state index is -0.390. The van der Waals surface area contributed by atoms with Crippen LogP contribution in [0.5, 0.6) is 5.75 Å². The molecule has 6 heteroatoms. The third-order valence-corrected chi connectivity index (χ3v) is 6.16. The van der Waals surface area contributed by atoms with E-state index in [1.54, 1.807) is 24.3 Å². The molecule has 1 aromatic heterocycles. The summed E-state index contributed by atoms with van der Waals surface area (Å²) in [6.07, 6.45) is 0.619. The van der Waals surface area contributed by atoms with Crippen molar-refractivity contribution in [3.05, 3.63) is 75.2 Å². The quantitative estimate of drug-likeness (QED) is 0.527. The summed E-state index contributed by atoms with van der Waals surface area (Å²) in [5.41, 5.74) is 8.65. The lowest BCUT2D eigenvalue weighted by molar-refractivity contribution is -0.114. The molecule has 1 heterocycles. The molecule has 3 aromatic rings. The number of methoxy groups -OCH3 is 1. The molecular weight excluding hydrogens is 404 g/mol. The van der Waals surface area contributed by atoms with Crippen molar-refractivity contribution >= 4 is 23.2 Å². The molecule has 0 aliphatic heterocycles. The zero-order valence-corrected chi connectivity index (χ0v) is 19.7. The van der Waals surface area contributed by atoms with Gasteiger partial charge in [0.05, 0.1) is 12.8 Å². The van der Waals surface area contributed by atoms with Gasteiger partial charge in [-0.1, -0.05) is 0 Å². The third-order valence-electron chi connectivity index (χ3n) is 6.16. The second-order valence-corrected chi connectivity index (χ2v) is 8.10. The number of ether oxygens (including phenoxy) is 1. The van der Waals surface area contributed by atoms with Crippen LogP contribution in [0.1, 0.15) is 56.6 Å². The standard InChI is InChI=1S/C26H30N2O4/c1-14-15(2)17(4)22(18(5)16(14)3)13-21-9-11-25(32-21)26(30)28-23-12-20(27-19(6)29)8-10-24(23)31-7/h8-12H,13H2,1-7H3,(H,27,29)(H,28,30). The van der Waals surface area contributed by atoms with Crippen molar-refractivity contribution in [1.82, 2.24) is 0 Å². The summed E-state index contributed by atoms with van der Waals surface area (Å²) in [4.78, 5) is 24.2. The van der Waals surface area contributed by atoms with Gasteiger partial charge < -0.3 is 19.8 Å². The molecule has 0 fully saturated rings. The highest BCUT2D eigenvalue weighted by atomic mass is 16.5. The van der Waals surface area contributed by atoms with Crippen LogP contribution in [0.25, 0.3) is 0 Å². The Morgan fingerprint density at radius 2 is 1.50 bits per heavy atom. The van der Waals surface area contributed by atoms with Crippen LogP contribution < -0.4 is 15.4 Å². The van der Waals surface area contributed by atoms with Crippen LogP contribution in [0.3, 0.4) is 0 Å². The topological polar surface area (TPSA) is 80.6 Å². The minimum absolute atomic E-state index is 0.199. The lowest BCUT2D eigenvalue weighted by atomic mass is 9.88. The van der Waals surface area contributed by atoms with Gasteiger partial charge in [0.1, 0.15) is 11.5 Å². The Morgan fingerprint density at radius 3 is 2.09 bits per heavy atom. The molecular formula is C26H30N2O4. The Labute approximate surface area is 189 Å². The van der Waals surface area contributed by atoms with Crippen molar-refractivity contribution in [2.24, 2.45) is 0 Å². The maximum absolute atomic E-state index is 12.8. The Bertz CT molecular complexity index is 1160. The van der Waals surface area contributed by atoms with Crippen LogP contribution in [0, 0.1) is 34.6 Å². The molecule has 0 unspecified atom stereocenters. The van der Waals surface area contributed by atoms with Gasteiger partial charge in [0.25, 0.3) is 5.91 Å². The number of hydrogen-bond donors (Lipinski definition) is 2. The maximum atomic E-state index is 12.8. The molecule has 0 aliphatic rings. The van der Waals surface area contributed by atoms with Gasteiger partial charge in [0.2, 0.25) is 5.91 Å². The van der Waals surface area contributed by atoms with Gasteiger partial charge in [-0.15, -0.1) is 0 Å². The molecule has 32 heavy (non-hydrogen) atoms. The molecule has 0 atom stereocenters. The Morgan fingerprint density at radius 1 is 0.875 bits per heavy atom. The molecule has 0 radical (unpaired) electrons. The van der Waals surface area contributed by atoms with Crippen molar-refractivity contribution in [2.75, 3.05) is 17.7 Å². The summed E-state index contributed by atoms with van der Waals surface area (Å²) in [7, 11) is 1.52. The summed E-state index contributed by atoms with van der Waals surface area (Å²) < 4.78 is 11.2. The smallest absolute Gasteiger partial charge is 0.291 e. The monoisotopic (exact) mass is 434 g/mol. The highest BCUT2D eigenvalue weighted by Gasteiger charge is 2.17. The molecule has 0 aliphatic carbocycles. The van der Waals surface area contributed by atoms with E-state index in [2.05, 4.69) is 45.3 Å². The van der Waals surface area contributed by atoms with Crippen LogP contribution in [0.2, 0.25) is 0 Å². The molecule has 2 amide bonds. The average Bonchev–Trinajstić information content (AvgIpc) is 3.22. The Balaban J connectivity index is 1.83. The fraction of sp³-hybridized carbons (Fsp3) is 0.308. The molecule has 0 bridgehead atoms. The third kappa shape index (κ3) is 4.69. The van der Waals surface area contributed by atoms with Crippen LogP contribution in [0.15, 0.2) is 34.7 Å². The van der Waals surface area contributed by atoms with E-state index in [9.17, 15) is 9.59 Å². The van der Waals surface area contributed by atoms with Crippen molar-refractivity contribution < 1.29 is 18.7 Å².